The third-order valence-electron chi connectivity index (χ3n) is 3.90. The normalized spacial score (nSPS) is 25.3. The molecule has 2 atom stereocenters. The van der Waals surface area contributed by atoms with Gasteiger partial charge in [-0.15, -0.1) is 0 Å². The first kappa shape index (κ1) is 14.3. The van der Waals surface area contributed by atoms with Crippen molar-refractivity contribution in [3.63, 3.8) is 0 Å². The second-order valence-electron chi connectivity index (χ2n) is 5.48. The average molecular weight is 296 g/mol. The fourth-order valence-corrected chi connectivity index (χ4v) is 2.80. The van der Waals surface area contributed by atoms with Gasteiger partial charge in [-0.1, -0.05) is 0 Å². The highest BCUT2D eigenvalue weighted by atomic mass is 16.6. The van der Waals surface area contributed by atoms with Crippen LogP contribution < -0.4 is 5.73 Å². The van der Waals surface area contributed by atoms with Crippen molar-refractivity contribution in [1.82, 2.24) is 15.2 Å². The van der Waals surface area contributed by atoms with Crippen LogP contribution in [0.3, 0.4) is 0 Å². The Morgan fingerprint density at radius 2 is 1.76 bits per heavy atom. The van der Waals surface area contributed by atoms with Gasteiger partial charge in [-0.2, -0.15) is 0 Å². The predicted octanol–water partition coefficient (Wildman–Crippen LogP) is 0.452. The summed E-state index contributed by atoms with van der Waals surface area (Å²) < 4.78 is 15.8. The number of carbonyl (C=O) groups excluding carboxylic acids is 1. The molecule has 0 aromatic carbocycles. The Morgan fingerprint density at radius 3 is 2.19 bits per heavy atom. The lowest BCUT2D eigenvalue weighted by Gasteiger charge is -2.27. The van der Waals surface area contributed by atoms with E-state index in [1.165, 1.54) is 0 Å². The summed E-state index contributed by atoms with van der Waals surface area (Å²) >= 11 is 0. The molecule has 1 amide bonds. The largest absolute Gasteiger partial charge is 0.379 e. The lowest BCUT2D eigenvalue weighted by Crippen LogP contribution is -2.42. The molecule has 0 saturated carbocycles. The smallest absolute Gasteiger partial charge is 0.280 e. The van der Waals surface area contributed by atoms with Crippen LogP contribution in [0.5, 0.6) is 0 Å². The molecule has 2 saturated heterocycles. The molecule has 2 unspecified atom stereocenters. The number of nitrogen functional groups attached to an aromatic ring is 1. The van der Waals surface area contributed by atoms with Gasteiger partial charge in [0.2, 0.25) is 11.5 Å². The molecule has 1 aromatic rings. The van der Waals surface area contributed by atoms with Gasteiger partial charge in [0, 0.05) is 26.3 Å². The van der Waals surface area contributed by atoms with Crippen molar-refractivity contribution in [2.24, 2.45) is 0 Å². The summed E-state index contributed by atoms with van der Waals surface area (Å²) in [6.45, 7) is 2.54. The van der Waals surface area contributed by atoms with E-state index in [1.807, 2.05) is 0 Å². The summed E-state index contributed by atoms with van der Waals surface area (Å²) in [5.74, 6) is -0.260. The molecule has 2 aliphatic rings. The van der Waals surface area contributed by atoms with E-state index >= 15 is 0 Å². The molecule has 2 aliphatic heterocycles. The number of anilines is 1. The number of rotatable bonds is 5. The van der Waals surface area contributed by atoms with Crippen LogP contribution in [0.2, 0.25) is 0 Å². The number of hydrogen-bond acceptors (Lipinski definition) is 7. The SMILES string of the molecule is Nc1nonc1C(=O)N(CC1CCCO1)CC1CCCO1. The van der Waals surface area contributed by atoms with Crippen LogP contribution >= 0.6 is 0 Å². The van der Waals surface area contributed by atoms with Crippen molar-refractivity contribution in [2.45, 2.75) is 37.9 Å². The minimum absolute atomic E-state index is 0.0182. The Morgan fingerprint density at radius 1 is 1.14 bits per heavy atom. The quantitative estimate of drug-likeness (QED) is 0.841. The molecule has 2 fully saturated rings. The van der Waals surface area contributed by atoms with Crippen LogP contribution in [0.4, 0.5) is 5.82 Å². The molecule has 2 N–H and O–H groups in total. The molecule has 3 heterocycles. The van der Waals surface area contributed by atoms with E-state index in [-0.39, 0.29) is 29.6 Å². The van der Waals surface area contributed by atoms with E-state index in [4.69, 9.17) is 15.2 Å². The maximum absolute atomic E-state index is 12.6. The third kappa shape index (κ3) is 3.33. The zero-order valence-corrected chi connectivity index (χ0v) is 11.9. The molecule has 0 aliphatic carbocycles. The molecule has 8 nitrogen and oxygen atoms in total. The standard InChI is InChI=1S/C13H20N4O4/c14-12-11(15-21-16-12)13(18)17(7-9-3-1-5-19-9)8-10-4-2-6-20-10/h9-10H,1-8H2,(H2,14,16). The van der Waals surface area contributed by atoms with Gasteiger partial charge in [0.05, 0.1) is 12.2 Å². The zero-order chi connectivity index (χ0) is 14.7. The Balaban J connectivity index is 1.70. The van der Waals surface area contributed by atoms with Crippen molar-refractivity contribution < 1.29 is 18.9 Å². The van der Waals surface area contributed by atoms with E-state index < -0.39 is 0 Å². The fraction of sp³-hybridized carbons (Fsp3) is 0.769. The second kappa shape index (κ2) is 6.40. The van der Waals surface area contributed by atoms with Crippen LogP contribution in [-0.2, 0) is 9.47 Å². The van der Waals surface area contributed by atoms with Crippen molar-refractivity contribution in [2.75, 3.05) is 32.0 Å². The van der Waals surface area contributed by atoms with E-state index in [2.05, 4.69) is 14.9 Å². The molecule has 0 spiro atoms. The number of aromatic nitrogens is 2. The van der Waals surface area contributed by atoms with E-state index in [9.17, 15) is 4.79 Å². The second-order valence-corrected chi connectivity index (χ2v) is 5.48. The van der Waals surface area contributed by atoms with Gasteiger partial charge < -0.3 is 20.1 Å². The first-order chi connectivity index (χ1) is 10.2. The molecule has 0 bridgehead atoms. The molecule has 3 rings (SSSR count). The van der Waals surface area contributed by atoms with Crippen LogP contribution in [0.1, 0.15) is 36.2 Å². The maximum atomic E-state index is 12.6. The maximum Gasteiger partial charge on any atom is 0.280 e. The summed E-state index contributed by atoms with van der Waals surface area (Å²) in [6.07, 6.45) is 4.11. The molecule has 116 valence electrons. The number of nitrogens with two attached hydrogens (primary N) is 1. The number of ether oxygens (including phenoxy) is 2. The summed E-state index contributed by atoms with van der Waals surface area (Å²) in [6, 6.07) is 0. The minimum atomic E-state index is -0.278. The van der Waals surface area contributed by atoms with Gasteiger partial charge in [-0.05, 0) is 36.0 Å². The van der Waals surface area contributed by atoms with E-state index in [0.717, 1.165) is 38.9 Å². The molecule has 21 heavy (non-hydrogen) atoms. The van der Waals surface area contributed by atoms with Gasteiger partial charge >= 0.3 is 0 Å². The lowest BCUT2D eigenvalue weighted by atomic mass is 10.2. The van der Waals surface area contributed by atoms with Gasteiger partial charge in [-0.3, -0.25) is 4.79 Å². The van der Waals surface area contributed by atoms with Gasteiger partial charge in [0.1, 0.15) is 0 Å². The van der Waals surface area contributed by atoms with Gasteiger partial charge in [0.15, 0.2) is 0 Å². The number of amides is 1. The van der Waals surface area contributed by atoms with E-state index in [0.29, 0.717) is 13.1 Å². The highest BCUT2D eigenvalue weighted by Crippen LogP contribution is 2.19. The fourth-order valence-electron chi connectivity index (χ4n) is 2.80. The summed E-state index contributed by atoms with van der Waals surface area (Å²) in [5.41, 5.74) is 5.68. The Hall–Kier alpha value is -1.67. The Labute approximate surface area is 122 Å². The van der Waals surface area contributed by atoms with Crippen molar-refractivity contribution in [1.29, 1.82) is 0 Å². The average Bonchev–Trinajstić information content (AvgIpc) is 3.19. The van der Waals surface area contributed by atoms with Crippen molar-refractivity contribution in [3.8, 4) is 0 Å². The van der Waals surface area contributed by atoms with Crippen LogP contribution in [0.15, 0.2) is 4.63 Å². The first-order valence-corrected chi connectivity index (χ1v) is 7.34. The molecule has 8 heteroatoms. The summed E-state index contributed by atoms with van der Waals surface area (Å²) in [7, 11) is 0. The molecule has 0 radical (unpaired) electrons. The van der Waals surface area contributed by atoms with Crippen molar-refractivity contribution in [3.05, 3.63) is 5.69 Å². The molecular formula is C13H20N4O4. The third-order valence-corrected chi connectivity index (χ3v) is 3.90. The highest BCUT2D eigenvalue weighted by molar-refractivity contribution is 5.96. The van der Waals surface area contributed by atoms with Crippen LogP contribution in [-0.4, -0.2) is 59.6 Å². The van der Waals surface area contributed by atoms with Crippen LogP contribution in [0, 0.1) is 0 Å². The number of carbonyl (C=O) groups is 1. The number of hydrogen-bond donors (Lipinski definition) is 1. The van der Waals surface area contributed by atoms with E-state index in [1.54, 1.807) is 4.90 Å². The van der Waals surface area contributed by atoms with Gasteiger partial charge in [0.25, 0.3) is 5.91 Å². The Bertz CT molecular complexity index is 462. The predicted molar refractivity (Wildman–Crippen MR) is 72.6 cm³/mol. The summed E-state index contributed by atoms with van der Waals surface area (Å²) in [4.78, 5) is 14.3. The lowest BCUT2D eigenvalue weighted by molar-refractivity contribution is 0.0302. The van der Waals surface area contributed by atoms with Crippen molar-refractivity contribution >= 4 is 11.7 Å². The molecule has 1 aromatic heterocycles. The molecular weight excluding hydrogens is 276 g/mol. The highest BCUT2D eigenvalue weighted by Gasteiger charge is 2.30. The minimum Gasteiger partial charge on any atom is -0.379 e. The zero-order valence-electron chi connectivity index (χ0n) is 11.9. The topological polar surface area (TPSA) is 104 Å². The van der Waals surface area contributed by atoms with Gasteiger partial charge in [-0.25, -0.2) is 4.63 Å². The first-order valence-electron chi connectivity index (χ1n) is 7.34. The van der Waals surface area contributed by atoms with Crippen LogP contribution in [0.25, 0.3) is 0 Å². The number of nitrogens with zero attached hydrogens (tertiary/aromatic N) is 3. The monoisotopic (exact) mass is 296 g/mol. The summed E-state index contributed by atoms with van der Waals surface area (Å²) in [5, 5.41) is 7.07. The Kier molecular flexibility index (Phi) is 4.35.